The number of halogens is 3. The fourth-order valence-corrected chi connectivity index (χ4v) is 3.67. The Morgan fingerprint density at radius 2 is 1.70 bits per heavy atom. The molecule has 2 aromatic carbocycles. The summed E-state index contributed by atoms with van der Waals surface area (Å²) in [6, 6.07) is 7.45. The minimum absolute atomic E-state index is 0.0395. The number of benzene rings is 2. The molecular formula is C22H19F3N6O2. The fraction of sp³-hybridized carbons (Fsp3) is 0.227. The van der Waals surface area contributed by atoms with Crippen molar-refractivity contribution < 1.29 is 23.0 Å². The lowest BCUT2D eigenvalue weighted by Gasteiger charge is -2.22. The summed E-state index contributed by atoms with van der Waals surface area (Å²) < 4.78 is 48.9. The maximum Gasteiger partial charge on any atom is 0.224 e. The zero-order valence-electron chi connectivity index (χ0n) is 17.2. The summed E-state index contributed by atoms with van der Waals surface area (Å²) >= 11 is 0. The van der Waals surface area contributed by atoms with Gasteiger partial charge in [-0.05, 0) is 37.1 Å². The van der Waals surface area contributed by atoms with Crippen LogP contribution in [0, 0.1) is 17.5 Å². The number of rotatable bonds is 5. The number of ether oxygens (including phenoxy) is 1. The summed E-state index contributed by atoms with van der Waals surface area (Å²) in [5, 5.41) is 15.6. The van der Waals surface area contributed by atoms with E-state index in [1.54, 1.807) is 12.1 Å². The molecule has 8 nitrogen and oxygen atoms in total. The van der Waals surface area contributed by atoms with Gasteiger partial charge in [-0.25, -0.2) is 23.1 Å². The molecule has 0 spiro atoms. The number of aromatic hydroxyl groups is 1. The van der Waals surface area contributed by atoms with E-state index < -0.39 is 23.1 Å². The van der Waals surface area contributed by atoms with E-state index in [9.17, 15) is 18.3 Å². The van der Waals surface area contributed by atoms with Gasteiger partial charge in [0.1, 0.15) is 22.8 Å². The van der Waals surface area contributed by atoms with Crippen LogP contribution in [0.3, 0.4) is 0 Å². The van der Waals surface area contributed by atoms with E-state index in [2.05, 4.69) is 25.6 Å². The fourth-order valence-electron chi connectivity index (χ4n) is 3.67. The van der Waals surface area contributed by atoms with Gasteiger partial charge < -0.3 is 20.5 Å². The smallest absolute Gasteiger partial charge is 0.224 e. The molecule has 1 aliphatic rings. The van der Waals surface area contributed by atoms with Gasteiger partial charge in [-0.15, -0.1) is 0 Å². The monoisotopic (exact) mass is 456 g/mol. The normalized spacial score (nSPS) is 14.5. The molecule has 0 bridgehead atoms. The number of phenols is 1. The first-order chi connectivity index (χ1) is 16.0. The molecular weight excluding hydrogens is 437 g/mol. The van der Waals surface area contributed by atoms with Gasteiger partial charge in [-0.3, -0.25) is 4.57 Å². The maximum absolute atomic E-state index is 14.3. The van der Waals surface area contributed by atoms with Gasteiger partial charge in [0.05, 0.1) is 11.9 Å². The molecule has 11 heteroatoms. The average Bonchev–Trinajstić information content (AvgIpc) is 3.15. The van der Waals surface area contributed by atoms with Crippen LogP contribution in [-0.2, 0) is 4.74 Å². The highest BCUT2D eigenvalue weighted by Crippen LogP contribution is 2.30. The second kappa shape index (κ2) is 8.58. The third-order valence-corrected chi connectivity index (χ3v) is 5.31. The molecule has 0 amide bonds. The van der Waals surface area contributed by atoms with Gasteiger partial charge in [-0.2, -0.15) is 4.98 Å². The molecule has 1 aliphatic heterocycles. The molecule has 0 atom stereocenters. The topological polar surface area (TPSA) is 97.1 Å². The van der Waals surface area contributed by atoms with Crippen LogP contribution in [-0.4, -0.2) is 43.9 Å². The molecule has 3 heterocycles. The summed E-state index contributed by atoms with van der Waals surface area (Å²) in [7, 11) is 0. The second-order valence-electron chi connectivity index (χ2n) is 7.59. The molecule has 170 valence electrons. The molecule has 0 aliphatic carbocycles. The SMILES string of the molecule is Oc1ccc(-n2c(Nc3c(F)cc(F)cc3F)nc3cnc(NC4CCOCC4)nc32)cc1. The maximum atomic E-state index is 14.3. The Balaban J connectivity index is 1.60. The number of phenolic OH excluding ortho intramolecular Hbond substituents is 1. The predicted octanol–water partition coefficient (Wildman–Crippen LogP) is 4.27. The van der Waals surface area contributed by atoms with Crippen LogP contribution < -0.4 is 10.6 Å². The largest absolute Gasteiger partial charge is 0.508 e. The Labute approximate surface area is 186 Å². The Bertz CT molecular complexity index is 1280. The van der Waals surface area contributed by atoms with Crippen molar-refractivity contribution in [2.24, 2.45) is 0 Å². The molecule has 33 heavy (non-hydrogen) atoms. The first-order valence-corrected chi connectivity index (χ1v) is 10.3. The van der Waals surface area contributed by atoms with Crippen LogP contribution in [0.15, 0.2) is 42.6 Å². The van der Waals surface area contributed by atoms with Gasteiger partial charge in [0.15, 0.2) is 17.3 Å². The highest BCUT2D eigenvalue weighted by molar-refractivity contribution is 5.79. The number of aromatic nitrogens is 4. The van der Waals surface area contributed by atoms with Crippen molar-refractivity contribution in [3.63, 3.8) is 0 Å². The van der Waals surface area contributed by atoms with Crippen molar-refractivity contribution in [1.82, 2.24) is 19.5 Å². The van der Waals surface area contributed by atoms with E-state index in [1.165, 1.54) is 22.9 Å². The van der Waals surface area contributed by atoms with Crippen LogP contribution in [0.1, 0.15) is 12.8 Å². The van der Waals surface area contributed by atoms with E-state index >= 15 is 0 Å². The molecule has 0 saturated carbocycles. The standard InChI is InChI=1S/C22H19F3N6O2/c23-12-9-16(24)19(17(25)10-12)29-22-28-18-11-26-21(27-13-5-7-33-8-6-13)30-20(18)31(22)14-1-3-15(32)4-2-14/h1-4,9-11,13,32H,5-8H2,(H,28,29)(H,26,27,30). The van der Waals surface area contributed by atoms with E-state index in [0.29, 0.717) is 48.1 Å². The summed E-state index contributed by atoms with van der Waals surface area (Å²) in [6.07, 6.45) is 3.13. The van der Waals surface area contributed by atoms with Crippen molar-refractivity contribution in [2.75, 3.05) is 23.8 Å². The second-order valence-corrected chi connectivity index (χ2v) is 7.59. The minimum Gasteiger partial charge on any atom is -0.508 e. The summed E-state index contributed by atoms with van der Waals surface area (Å²) in [5.41, 5.74) is 0.707. The van der Waals surface area contributed by atoms with E-state index in [4.69, 9.17) is 4.74 Å². The number of nitrogens with one attached hydrogen (secondary N) is 2. The number of nitrogens with zero attached hydrogens (tertiary/aromatic N) is 4. The van der Waals surface area contributed by atoms with Crippen LogP contribution >= 0.6 is 0 Å². The first-order valence-electron chi connectivity index (χ1n) is 10.3. The quantitative estimate of drug-likeness (QED) is 0.413. The molecule has 3 N–H and O–H groups in total. The molecule has 1 saturated heterocycles. The van der Waals surface area contributed by atoms with Crippen molar-refractivity contribution in [1.29, 1.82) is 0 Å². The third kappa shape index (κ3) is 4.27. The van der Waals surface area contributed by atoms with E-state index in [-0.39, 0.29) is 17.7 Å². The lowest BCUT2D eigenvalue weighted by molar-refractivity contribution is 0.0903. The molecule has 5 rings (SSSR count). The van der Waals surface area contributed by atoms with Crippen LogP contribution in [0.25, 0.3) is 16.9 Å². The summed E-state index contributed by atoms with van der Waals surface area (Å²) in [6.45, 7) is 1.29. The lowest BCUT2D eigenvalue weighted by Crippen LogP contribution is -2.28. The number of hydrogen-bond acceptors (Lipinski definition) is 7. The molecule has 4 aromatic rings. The van der Waals surface area contributed by atoms with Gasteiger partial charge in [0.25, 0.3) is 0 Å². The number of hydrogen-bond donors (Lipinski definition) is 3. The third-order valence-electron chi connectivity index (χ3n) is 5.31. The summed E-state index contributed by atoms with van der Waals surface area (Å²) in [5.74, 6) is -2.78. The van der Waals surface area contributed by atoms with Gasteiger partial charge in [-0.1, -0.05) is 0 Å². The lowest BCUT2D eigenvalue weighted by atomic mass is 10.1. The Kier molecular flexibility index (Phi) is 5.47. The number of imidazole rings is 1. The zero-order chi connectivity index (χ0) is 22.9. The molecule has 0 unspecified atom stereocenters. The Hall–Kier alpha value is -3.86. The first kappa shape index (κ1) is 21.0. The van der Waals surface area contributed by atoms with Gasteiger partial charge in [0, 0.05) is 31.4 Å². The molecule has 1 fully saturated rings. The van der Waals surface area contributed by atoms with Crippen LogP contribution in [0.2, 0.25) is 0 Å². The molecule has 2 aromatic heterocycles. The van der Waals surface area contributed by atoms with Crippen molar-refractivity contribution in [3.05, 3.63) is 60.0 Å². The van der Waals surface area contributed by atoms with Crippen molar-refractivity contribution in [2.45, 2.75) is 18.9 Å². The number of fused-ring (bicyclic) bond motifs is 1. The van der Waals surface area contributed by atoms with E-state index in [0.717, 1.165) is 12.8 Å². The number of anilines is 3. The Morgan fingerprint density at radius 3 is 2.39 bits per heavy atom. The highest BCUT2D eigenvalue weighted by Gasteiger charge is 2.20. The minimum atomic E-state index is -1.11. The Morgan fingerprint density at radius 1 is 1.00 bits per heavy atom. The average molecular weight is 456 g/mol. The zero-order valence-corrected chi connectivity index (χ0v) is 17.2. The van der Waals surface area contributed by atoms with Crippen molar-refractivity contribution in [3.8, 4) is 11.4 Å². The van der Waals surface area contributed by atoms with Crippen LogP contribution in [0.4, 0.5) is 30.8 Å². The van der Waals surface area contributed by atoms with Gasteiger partial charge in [0.2, 0.25) is 11.9 Å². The van der Waals surface area contributed by atoms with E-state index in [1.807, 2.05) is 0 Å². The molecule has 0 radical (unpaired) electrons. The van der Waals surface area contributed by atoms with Crippen molar-refractivity contribution >= 4 is 28.7 Å². The summed E-state index contributed by atoms with van der Waals surface area (Å²) in [4.78, 5) is 13.3. The van der Waals surface area contributed by atoms with Crippen LogP contribution in [0.5, 0.6) is 5.75 Å². The predicted molar refractivity (Wildman–Crippen MR) is 115 cm³/mol. The highest BCUT2D eigenvalue weighted by atomic mass is 19.1. The van der Waals surface area contributed by atoms with Gasteiger partial charge >= 0.3 is 0 Å².